The van der Waals surface area contributed by atoms with Crippen molar-refractivity contribution >= 4 is 17.5 Å². The number of nitrogens with zero attached hydrogens (tertiary/aromatic N) is 3. The van der Waals surface area contributed by atoms with Crippen LogP contribution >= 0.6 is 11.6 Å². The van der Waals surface area contributed by atoms with E-state index < -0.39 is 0 Å². The molecule has 0 aliphatic carbocycles. The molecular formula is C9H9ClN4. The molecule has 2 aromatic rings. The molecule has 0 bridgehead atoms. The molecule has 4 nitrogen and oxygen atoms in total. The fourth-order valence-electron chi connectivity index (χ4n) is 1.15. The molecule has 2 N–H and O–H groups in total. The molecule has 0 aliphatic rings. The van der Waals surface area contributed by atoms with Crippen molar-refractivity contribution in [3.8, 4) is 0 Å². The summed E-state index contributed by atoms with van der Waals surface area (Å²) in [4.78, 5) is 8.08. The van der Waals surface area contributed by atoms with E-state index in [0.29, 0.717) is 17.5 Å². The Morgan fingerprint density at radius 1 is 1.36 bits per heavy atom. The summed E-state index contributed by atoms with van der Waals surface area (Å²) in [6, 6.07) is 3.67. The molecule has 0 aromatic carbocycles. The van der Waals surface area contributed by atoms with Crippen molar-refractivity contribution in [1.82, 2.24) is 14.5 Å². The summed E-state index contributed by atoms with van der Waals surface area (Å²) < 4.78 is 1.82. The fraction of sp³-hybridized carbons (Fsp3) is 0.111. The van der Waals surface area contributed by atoms with Gasteiger partial charge in [-0.1, -0.05) is 11.6 Å². The van der Waals surface area contributed by atoms with Crippen LogP contribution in [0.4, 0.5) is 5.95 Å². The predicted octanol–water partition coefficient (Wildman–Crippen LogP) is 1.56. The van der Waals surface area contributed by atoms with Crippen LogP contribution in [0, 0.1) is 0 Å². The number of rotatable bonds is 2. The number of anilines is 1. The highest BCUT2D eigenvalue weighted by atomic mass is 35.5. The maximum absolute atomic E-state index is 5.72. The molecule has 0 fully saturated rings. The van der Waals surface area contributed by atoms with Crippen LogP contribution in [0.3, 0.4) is 0 Å². The summed E-state index contributed by atoms with van der Waals surface area (Å²) in [5, 5.41) is 0.632. The van der Waals surface area contributed by atoms with E-state index in [0.717, 1.165) is 5.69 Å². The summed E-state index contributed by atoms with van der Waals surface area (Å²) in [7, 11) is 0. The SMILES string of the molecule is Nc1nccn1Cc1ccc(Cl)cn1. The molecule has 0 spiro atoms. The van der Waals surface area contributed by atoms with Gasteiger partial charge in [0.25, 0.3) is 0 Å². The van der Waals surface area contributed by atoms with Crippen LogP contribution < -0.4 is 5.73 Å². The van der Waals surface area contributed by atoms with E-state index in [1.807, 2.05) is 16.8 Å². The monoisotopic (exact) mass is 208 g/mol. The maximum Gasteiger partial charge on any atom is 0.200 e. The quantitative estimate of drug-likeness (QED) is 0.815. The molecule has 0 unspecified atom stereocenters. The Hall–Kier alpha value is -1.55. The van der Waals surface area contributed by atoms with Crippen LogP contribution in [0.1, 0.15) is 5.69 Å². The number of pyridine rings is 1. The highest BCUT2D eigenvalue weighted by Crippen LogP contribution is 2.08. The Labute approximate surface area is 86.4 Å². The molecule has 2 rings (SSSR count). The highest BCUT2D eigenvalue weighted by Gasteiger charge is 1.99. The average Bonchev–Trinajstić information content (AvgIpc) is 2.56. The van der Waals surface area contributed by atoms with Gasteiger partial charge in [-0.25, -0.2) is 4.98 Å². The summed E-state index contributed by atoms with van der Waals surface area (Å²) in [5.74, 6) is 0.488. The molecular weight excluding hydrogens is 200 g/mol. The first-order valence-electron chi connectivity index (χ1n) is 4.13. The largest absolute Gasteiger partial charge is 0.369 e. The lowest BCUT2D eigenvalue weighted by molar-refractivity contribution is 0.785. The van der Waals surface area contributed by atoms with Crippen molar-refractivity contribution in [2.24, 2.45) is 0 Å². The van der Waals surface area contributed by atoms with E-state index in [1.54, 1.807) is 18.5 Å². The Bertz CT molecular complexity index is 421. The van der Waals surface area contributed by atoms with Gasteiger partial charge >= 0.3 is 0 Å². The Morgan fingerprint density at radius 3 is 2.79 bits per heavy atom. The first-order valence-corrected chi connectivity index (χ1v) is 4.50. The fourth-order valence-corrected chi connectivity index (χ4v) is 1.26. The van der Waals surface area contributed by atoms with Crippen molar-refractivity contribution < 1.29 is 0 Å². The van der Waals surface area contributed by atoms with E-state index in [9.17, 15) is 0 Å². The van der Waals surface area contributed by atoms with Crippen LogP contribution in [-0.4, -0.2) is 14.5 Å². The van der Waals surface area contributed by atoms with Crippen molar-refractivity contribution in [1.29, 1.82) is 0 Å². The minimum Gasteiger partial charge on any atom is -0.369 e. The van der Waals surface area contributed by atoms with Gasteiger partial charge in [-0.3, -0.25) is 4.98 Å². The second-order valence-corrected chi connectivity index (χ2v) is 3.32. The number of hydrogen-bond donors (Lipinski definition) is 1. The minimum absolute atomic E-state index is 0.488. The lowest BCUT2D eigenvalue weighted by Crippen LogP contribution is -2.04. The van der Waals surface area contributed by atoms with Gasteiger partial charge in [0.05, 0.1) is 17.3 Å². The third-order valence-electron chi connectivity index (χ3n) is 1.87. The first kappa shape index (κ1) is 9.02. The number of halogens is 1. The minimum atomic E-state index is 0.488. The number of nitrogen functional groups attached to an aromatic ring is 1. The summed E-state index contributed by atoms with van der Waals surface area (Å²) in [6.07, 6.45) is 5.08. The molecule has 0 atom stereocenters. The molecule has 2 aromatic heterocycles. The molecule has 0 aliphatic heterocycles. The third-order valence-corrected chi connectivity index (χ3v) is 2.09. The van der Waals surface area contributed by atoms with Crippen LogP contribution in [0.25, 0.3) is 0 Å². The molecule has 5 heteroatoms. The van der Waals surface area contributed by atoms with Crippen molar-refractivity contribution in [3.63, 3.8) is 0 Å². The smallest absolute Gasteiger partial charge is 0.200 e. The molecule has 0 radical (unpaired) electrons. The van der Waals surface area contributed by atoms with E-state index in [2.05, 4.69) is 9.97 Å². The van der Waals surface area contributed by atoms with Gasteiger partial charge < -0.3 is 10.3 Å². The molecule has 2 heterocycles. The van der Waals surface area contributed by atoms with Crippen LogP contribution in [-0.2, 0) is 6.54 Å². The molecule has 72 valence electrons. The van der Waals surface area contributed by atoms with E-state index in [4.69, 9.17) is 17.3 Å². The highest BCUT2D eigenvalue weighted by molar-refractivity contribution is 6.30. The number of hydrogen-bond acceptors (Lipinski definition) is 3. The lowest BCUT2D eigenvalue weighted by atomic mass is 10.3. The summed E-state index contributed by atoms with van der Waals surface area (Å²) in [6.45, 7) is 0.614. The zero-order valence-corrected chi connectivity index (χ0v) is 8.15. The average molecular weight is 209 g/mol. The molecule has 14 heavy (non-hydrogen) atoms. The standard InChI is InChI=1S/C9H9ClN4/c10-7-1-2-8(13-5-7)6-14-4-3-12-9(14)11/h1-5H,6H2,(H2,11,12). The number of imidazole rings is 1. The van der Waals surface area contributed by atoms with E-state index in [1.165, 1.54) is 0 Å². The third kappa shape index (κ3) is 1.85. The van der Waals surface area contributed by atoms with Gasteiger partial charge in [-0.15, -0.1) is 0 Å². The molecule has 0 saturated heterocycles. The van der Waals surface area contributed by atoms with Gasteiger partial charge in [0, 0.05) is 18.6 Å². The van der Waals surface area contributed by atoms with Gasteiger partial charge in [0.1, 0.15) is 0 Å². The molecule has 0 saturated carbocycles. The van der Waals surface area contributed by atoms with Gasteiger partial charge in [0.2, 0.25) is 0 Å². The maximum atomic E-state index is 5.72. The Morgan fingerprint density at radius 2 is 2.21 bits per heavy atom. The van der Waals surface area contributed by atoms with Gasteiger partial charge in [-0.2, -0.15) is 0 Å². The molecule has 0 amide bonds. The van der Waals surface area contributed by atoms with Crippen molar-refractivity contribution in [2.75, 3.05) is 5.73 Å². The first-order chi connectivity index (χ1) is 6.75. The normalized spacial score (nSPS) is 10.4. The van der Waals surface area contributed by atoms with E-state index in [-0.39, 0.29) is 0 Å². The van der Waals surface area contributed by atoms with Crippen molar-refractivity contribution in [3.05, 3.63) is 41.4 Å². The Balaban J connectivity index is 2.19. The Kier molecular flexibility index (Phi) is 2.37. The van der Waals surface area contributed by atoms with Gasteiger partial charge in [0.15, 0.2) is 5.95 Å². The second kappa shape index (κ2) is 3.67. The topological polar surface area (TPSA) is 56.7 Å². The zero-order chi connectivity index (χ0) is 9.97. The van der Waals surface area contributed by atoms with Crippen LogP contribution in [0.5, 0.6) is 0 Å². The van der Waals surface area contributed by atoms with E-state index >= 15 is 0 Å². The van der Waals surface area contributed by atoms with Crippen LogP contribution in [0.15, 0.2) is 30.7 Å². The summed E-state index contributed by atoms with van der Waals surface area (Å²) >= 11 is 5.72. The predicted molar refractivity (Wildman–Crippen MR) is 55.0 cm³/mol. The van der Waals surface area contributed by atoms with Crippen LogP contribution in [0.2, 0.25) is 5.02 Å². The second-order valence-electron chi connectivity index (χ2n) is 2.88. The van der Waals surface area contributed by atoms with Crippen molar-refractivity contribution in [2.45, 2.75) is 6.54 Å². The lowest BCUT2D eigenvalue weighted by Gasteiger charge is -2.03. The summed E-state index contributed by atoms with van der Waals surface area (Å²) in [5.41, 5.74) is 6.52. The number of nitrogens with two attached hydrogens (primary N) is 1. The van der Waals surface area contributed by atoms with Gasteiger partial charge in [-0.05, 0) is 12.1 Å². The number of aromatic nitrogens is 3. The zero-order valence-electron chi connectivity index (χ0n) is 7.39.